The van der Waals surface area contributed by atoms with Crippen LogP contribution in [0.25, 0.3) is 0 Å². The van der Waals surface area contributed by atoms with Crippen molar-refractivity contribution < 1.29 is 9.47 Å². The molecule has 2 rings (SSSR count). The molecule has 0 saturated carbocycles. The number of nitrogens with zero attached hydrogens (tertiary/aromatic N) is 1. The zero-order valence-corrected chi connectivity index (χ0v) is 12.7. The lowest BCUT2D eigenvalue weighted by Crippen LogP contribution is -2.15. The lowest BCUT2D eigenvalue weighted by molar-refractivity contribution is 0.310. The number of benzene rings is 1. The molecule has 1 unspecified atom stereocenters. The number of methoxy groups -OCH3 is 1. The molecule has 0 saturated heterocycles. The molecule has 0 bridgehead atoms. The number of hydrogen-bond acceptors (Lipinski definition) is 5. The van der Waals surface area contributed by atoms with Crippen LogP contribution in [0.15, 0.2) is 29.8 Å². The first kappa shape index (κ1) is 14.8. The van der Waals surface area contributed by atoms with Crippen molar-refractivity contribution in [2.24, 2.45) is 5.73 Å². The van der Waals surface area contributed by atoms with E-state index in [4.69, 9.17) is 15.2 Å². The van der Waals surface area contributed by atoms with Gasteiger partial charge >= 0.3 is 0 Å². The average Bonchev–Trinajstić information content (AvgIpc) is 2.99. The highest BCUT2D eigenvalue weighted by Crippen LogP contribution is 2.30. The fourth-order valence-electron chi connectivity index (χ4n) is 2.11. The third-order valence-electron chi connectivity index (χ3n) is 3.10. The number of thiazole rings is 1. The molecule has 4 nitrogen and oxygen atoms in total. The lowest BCUT2D eigenvalue weighted by Gasteiger charge is -2.14. The highest BCUT2D eigenvalue weighted by molar-refractivity contribution is 7.09. The van der Waals surface area contributed by atoms with Crippen LogP contribution in [0.3, 0.4) is 0 Å². The number of ether oxygens (including phenoxy) is 2. The molecule has 5 heteroatoms. The smallest absolute Gasteiger partial charge is 0.161 e. The fourth-order valence-corrected chi connectivity index (χ4v) is 2.86. The van der Waals surface area contributed by atoms with Gasteiger partial charge in [0.25, 0.3) is 0 Å². The van der Waals surface area contributed by atoms with Crippen molar-refractivity contribution in [1.82, 2.24) is 4.98 Å². The molecule has 0 aliphatic heterocycles. The van der Waals surface area contributed by atoms with Crippen LogP contribution in [0.5, 0.6) is 11.5 Å². The van der Waals surface area contributed by atoms with Gasteiger partial charge in [-0.25, -0.2) is 4.98 Å². The largest absolute Gasteiger partial charge is 0.493 e. The standard InChI is InChI=1S/C15H20N2O2S/c1-3-19-14-9-11(4-5-13(14)18-2)8-12(10-16)15-17-6-7-20-15/h4-7,9,12H,3,8,10,16H2,1-2H3. The van der Waals surface area contributed by atoms with E-state index in [9.17, 15) is 0 Å². The summed E-state index contributed by atoms with van der Waals surface area (Å²) in [6, 6.07) is 6.02. The molecule has 0 fully saturated rings. The number of hydrogen-bond donors (Lipinski definition) is 1. The van der Waals surface area contributed by atoms with E-state index < -0.39 is 0 Å². The molecule has 1 atom stereocenters. The van der Waals surface area contributed by atoms with Crippen LogP contribution >= 0.6 is 11.3 Å². The highest BCUT2D eigenvalue weighted by atomic mass is 32.1. The van der Waals surface area contributed by atoms with Crippen LogP contribution in [0.2, 0.25) is 0 Å². The Morgan fingerprint density at radius 1 is 1.35 bits per heavy atom. The molecular weight excluding hydrogens is 272 g/mol. The van der Waals surface area contributed by atoms with Crippen molar-refractivity contribution in [3.63, 3.8) is 0 Å². The predicted octanol–water partition coefficient (Wildman–Crippen LogP) is 2.84. The summed E-state index contributed by atoms with van der Waals surface area (Å²) in [5, 5.41) is 3.07. The zero-order valence-electron chi connectivity index (χ0n) is 11.8. The minimum absolute atomic E-state index is 0.248. The Morgan fingerprint density at radius 3 is 2.80 bits per heavy atom. The maximum atomic E-state index is 5.88. The van der Waals surface area contributed by atoms with Gasteiger partial charge in [0.15, 0.2) is 11.5 Å². The molecule has 2 N–H and O–H groups in total. The Labute approximate surface area is 123 Å². The molecular formula is C15H20N2O2S. The van der Waals surface area contributed by atoms with Crippen molar-refractivity contribution in [2.45, 2.75) is 19.3 Å². The second kappa shape index (κ2) is 7.26. The van der Waals surface area contributed by atoms with E-state index in [2.05, 4.69) is 11.1 Å². The summed E-state index contributed by atoms with van der Waals surface area (Å²) in [5.74, 6) is 1.79. The zero-order chi connectivity index (χ0) is 14.4. The molecule has 1 aromatic heterocycles. The number of aromatic nitrogens is 1. The summed E-state index contributed by atoms with van der Waals surface area (Å²) >= 11 is 1.65. The molecule has 0 amide bonds. The summed E-state index contributed by atoms with van der Waals surface area (Å²) in [5.41, 5.74) is 7.06. The van der Waals surface area contributed by atoms with Crippen molar-refractivity contribution in [2.75, 3.05) is 20.3 Å². The van der Waals surface area contributed by atoms with Gasteiger partial charge in [-0.3, -0.25) is 0 Å². The molecule has 0 aliphatic carbocycles. The molecule has 1 aromatic carbocycles. The van der Waals surface area contributed by atoms with E-state index in [1.165, 1.54) is 5.56 Å². The molecule has 0 aliphatic rings. The minimum atomic E-state index is 0.248. The quantitative estimate of drug-likeness (QED) is 0.852. The van der Waals surface area contributed by atoms with Crippen molar-refractivity contribution in [1.29, 1.82) is 0 Å². The van der Waals surface area contributed by atoms with Gasteiger partial charge in [-0.1, -0.05) is 6.07 Å². The van der Waals surface area contributed by atoms with Crippen LogP contribution in [0.1, 0.15) is 23.4 Å². The minimum Gasteiger partial charge on any atom is -0.493 e. The van der Waals surface area contributed by atoms with Gasteiger partial charge in [0.05, 0.1) is 18.7 Å². The van der Waals surface area contributed by atoms with E-state index in [-0.39, 0.29) is 5.92 Å². The van der Waals surface area contributed by atoms with Gasteiger partial charge in [0.2, 0.25) is 0 Å². The molecule has 20 heavy (non-hydrogen) atoms. The molecule has 1 heterocycles. The van der Waals surface area contributed by atoms with Crippen molar-refractivity contribution in [3.05, 3.63) is 40.3 Å². The SMILES string of the molecule is CCOc1cc(CC(CN)c2nccs2)ccc1OC. The highest BCUT2D eigenvalue weighted by Gasteiger charge is 2.14. The van der Waals surface area contributed by atoms with Crippen LogP contribution in [-0.4, -0.2) is 25.2 Å². The molecule has 0 radical (unpaired) electrons. The summed E-state index contributed by atoms with van der Waals surface area (Å²) in [6.07, 6.45) is 2.68. The first-order valence-corrected chi connectivity index (χ1v) is 7.55. The van der Waals surface area contributed by atoms with Gasteiger partial charge in [-0.2, -0.15) is 0 Å². The van der Waals surface area contributed by atoms with E-state index in [0.717, 1.165) is 22.9 Å². The summed E-state index contributed by atoms with van der Waals surface area (Å²) in [7, 11) is 1.65. The van der Waals surface area contributed by atoms with Crippen LogP contribution < -0.4 is 15.2 Å². The van der Waals surface area contributed by atoms with Crippen molar-refractivity contribution >= 4 is 11.3 Å². The summed E-state index contributed by atoms with van der Waals surface area (Å²) < 4.78 is 10.9. The fraction of sp³-hybridized carbons (Fsp3) is 0.400. The first-order chi connectivity index (χ1) is 9.78. The molecule has 0 spiro atoms. The van der Waals surface area contributed by atoms with Gasteiger partial charge in [-0.05, 0) is 31.0 Å². The lowest BCUT2D eigenvalue weighted by atomic mass is 9.99. The third kappa shape index (κ3) is 3.49. The maximum Gasteiger partial charge on any atom is 0.161 e. The predicted molar refractivity (Wildman–Crippen MR) is 81.8 cm³/mol. The molecule has 2 aromatic rings. The molecule has 108 valence electrons. The van der Waals surface area contributed by atoms with Gasteiger partial charge in [0, 0.05) is 24.0 Å². The van der Waals surface area contributed by atoms with E-state index >= 15 is 0 Å². The average molecular weight is 292 g/mol. The maximum absolute atomic E-state index is 5.88. The van der Waals surface area contributed by atoms with Gasteiger partial charge in [0.1, 0.15) is 0 Å². The Morgan fingerprint density at radius 2 is 2.20 bits per heavy atom. The Balaban J connectivity index is 2.18. The van der Waals surface area contributed by atoms with E-state index in [0.29, 0.717) is 13.2 Å². The number of rotatable bonds is 7. The normalized spacial score (nSPS) is 12.2. The van der Waals surface area contributed by atoms with E-state index in [1.807, 2.05) is 30.6 Å². The van der Waals surface area contributed by atoms with Crippen molar-refractivity contribution in [3.8, 4) is 11.5 Å². The second-order valence-electron chi connectivity index (χ2n) is 4.43. The monoisotopic (exact) mass is 292 g/mol. The topological polar surface area (TPSA) is 57.4 Å². The van der Waals surface area contributed by atoms with Gasteiger partial charge in [-0.15, -0.1) is 11.3 Å². The van der Waals surface area contributed by atoms with Crippen LogP contribution in [0.4, 0.5) is 0 Å². The summed E-state index contributed by atoms with van der Waals surface area (Å²) in [4.78, 5) is 4.36. The second-order valence-corrected chi connectivity index (χ2v) is 5.35. The number of nitrogens with two attached hydrogens (primary N) is 1. The Kier molecular flexibility index (Phi) is 5.38. The summed E-state index contributed by atoms with van der Waals surface area (Å²) in [6.45, 7) is 3.17. The van der Waals surface area contributed by atoms with E-state index in [1.54, 1.807) is 18.4 Å². The van der Waals surface area contributed by atoms with Crippen LogP contribution in [-0.2, 0) is 6.42 Å². The first-order valence-electron chi connectivity index (χ1n) is 6.67. The Hall–Kier alpha value is -1.59. The Bertz CT molecular complexity index is 529. The van der Waals surface area contributed by atoms with Crippen LogP contribution in [0, 0.1) is 0 Å². The third-order valence-corrected chi connectivity index (χ3v) is 4.03. The van der Waals surface area contributed by atoms with Gasteiger partial charge < -0.3 is 15.2 Å².